The normalized spacial score (nSPS) is 14.5. The number of thioether (sulfide) groups is 1. The summed E-state index contributed by atoms with van der Waals surface area (Å²) in [6.07, 6.45) is 0. The lowest BCUT2D eigenvalue weighted by molar-refractivity contribution is -0.132. The van der Waals surface area contributed by atoms with Crippen LogP contribution in [0.1, 0.15) is 11.7 Å². The standard InChI is InChI=1S/C16H17Cl2N3O4S/c17-11-1-2-13(12(18)7-11)24-8-15-19-14(20-25-15)9-26-10-16(22)21-3-5-23-6-4-21/h1-2,7H,3-6,8-10H2. The zero-order valence-electron chi connectivity index (χ0n) is 13.8. The molecule has 1 aromatic carbocycles. The summed E-state index contributed by atoms with van der Waals surface area (Å²) in [5.74, 6) is 2.31. The first-order chi connectivity index (χ1) is 12.6. The Bertz CT molecular complexity index is 753. The van der Waals surface area contributed by atoms with Gasteiger partial charge in [0.25, 0.3) is 5.89 Å². The van der Waals surface area contributed by atoms with Crippen LogP contribution in [0, 0.1) is 0 Å². The largest absolute Gasteiger partial charge is 0.482 e. The number of amides is 1. The molecular weight excluding hydrogens is 401 g/mol. The van der Waals surface area contributed by atoms with Crippen LogP contribution in [0.5, 0.6) is 5.75 Å². The van der Waals surface area contributed by atoms with E-state index >= 15 is 0 Å². The van der Waals surface area contributed by atoms with Crippen molar-refractivity contribution in [2.75, 3.05) is 32.1 Å². The molecule has 0 N–H and O–H groups in total. The van der Waals surface area contributed by atoms with Crippen LogP contribution in [0.2, 0.25) is 10.0 Å². The molecule has 0 radical (unpaired) electrons. The van der Waals surface area contributed by atoms with Crippen LogP contribution in [0.25, 0.3) is 0 Å². The maximum atomic E-state index is 12.1. The van der Waals surface area contributed by atoms with E-state index in [1.165, 1.54) is 11.8 Å². The van der Waals surface area contributed by atoms with E-state index in [4.69, 9.17) is 37.2 Å². The molecule has 0 bridgehead atoms. The van der Waals surface area contributed by atoms with E-state index in [2.05, 4.69) is 10.1 Å². The Morgan fingerprint density at radius 1 is 1.31 bits per heavy atom. The fourth-order valence-electron chi connectivity index (χ4n) is 2.27. The number of halogens is 2. The number of benzene rings is 1. The van der Waals surface area contributed by atoms with Crippen LogP contribution in [-0.2, 0) is 21.9 Å². The predicted molar refractivity (Wildman–Crippen MR) is 98.7 cm³/mol. The number of carbonyl (C=O) groups is 1. The van der Waals surface area contributed by atoms with Gasteiger partial charge in [0.15, 0.2) is 12.4 Å². The molecule has 0 spiro atoms. The molecule has 2 aromatic rings. The molecule has 26 heavy (non-hydrogen) atoms. The average molecular weight is 418 g/mol. The van der Waals surface area contributed by atoms with Crippen LogP contribution in [0.15, 0.2) is 22.7 Å². The van der Waals surface area contributed by atoms with Gasteiger partial charge in [-0.3, -0.25) is 4.79 Å². The molecule has 0 saturated carbocycles. The van der Waals surface area contributed by atoms with Gasteiger partial charge in [0.2, 0.25) is 5.91 Å². The van der Waals surface area contributed by atoms with Crippen molar-refractivity contribution in [3.63, 3.8) is 0 Å². The van der Waals surface area contributed by atoms with E-state index in [1.807, 2.05) is 4.90 Å². The molecule has 2 heterocycles. The quantitative estimate of drug-likeness (QED) is 0.684. The van der Waals surface area contributed by atoms with Crippen molar-refractivity contribution in [1.82, 2.24) is 15.0 Å². The fraction of sp³-hybridized carbons (Fsp3) is 0.438. The molecule has 1 amide bonds. The monoisotopic (exact) mass is 417 g/mol. The summed E-state index contributed by atoms with van der Waals surface area (Å²) in [6, 6.07) is 4.96. The van der Waals surface area contributed by atoms with Crippen molar-refractivity contribution >= 4 is 40.9 Å². The Hall–Kier alpha value is -1.48. The van der Waals surface area contributed by atoms with E-state index in [1.54, 1.807) is 18.2 Å². The lowest BCUT2D eigenvalue weighted by Gasteiger charge is -2.26. The van der Waals surface area contributed by atoms with Gasteiger partial charge in [0.1, 0.15) is 5.75 Å². The second-order valence-electron chi connectivity index (χ2n) is 5.45. The maximum Gasteiger partial charge on any atom is 0.264 e. The molecule has 1 fully saturated rings. The van der Waals surface area contributed by atoms with Gasteiger partial charge in [0.05, 0.1) is 29.7 Å². The SMILES string of the molecule is O=C(CSCc1noc(COc2ccc(Cl)cc2Cl)n1)N1CCOCC1. The first-order valence-electron chi connectivity index (χ1n) is 7.94. The van der Waals surface area contributed by atoms with Gasteiger partial charge >= 0.3 is 0 Å². The Morgan fingerprint density at radius 3 is 2.88 bits per heavy atom. The molecule has 1 aliphatic heterocycles. The molecule has 10 heteroatoms. The van der Waals surface area contributed by atoms with E-state index < -0.39 is 0 Å². The van der Waals surface area contributed by atoms with Crippen LogP contribution in [0.3, 0.4) is 0 Å². The van der Waals surface area contributed by atoms with Crippen molar-refractivity contribution in [2.24, 2.45) is 0 Å². The highest BCUT2D eigenvalue weighted by Crippen LogP contribution is 2.28. The molecule has 0 aliphatic carbocycles. The van der Waals surface area contributed by atoms with Crippen LogP contribution in [-0.4, -0.2) is 53.0 Å². The predicted octanol–water partition coefficient (Wildman–Crippen LogP) is 3.05. The van der Waals surface area contributed by atoms with Crippen LogP contribution < -0.4 is 4.74 Å². The van der Waals surface area contributed by atoms with Crippen LogP contribution >= 0.6 is 35.0 Å². The van der Waals surface area contributed by atoms with Gasteiger partial charge in [-0.25, -0.2) is 0 Å². The molecule has 140 valence electrons. The summed E-state index contributed by atoms with van der Waals surface area (Å²) in [5.41, 5.74) is 0. The topological polar surface area (TPSA) is 77.7 Å². The van der Waals surface area contributed by atoms with Gasteiger partial charge in [-0.15, -0.1) is 11.8 Å². The van der Waals surface area contributed by atoms with Crippen molar-refractivity contribution in [3.8, 4) is 5.75 Å². The number of aromatic nitrogens is 2. The maximum absolute atomic E-state index is 12.1. The second kappa shape index (κ2) is 9.45. The average Bonchev–Trinajstić information content (AvgIpc) is 3.09. The molecule has 0 unspecified atom stereocenters. The summed E-state index contributed by atoms with van der Waals surface area (Å²) in [7, 11) is 0. The third-order valence-electron chi connectivity index (χ3n) is 3.58. The smallest absolute Gasteiger partial charge is 0.264 e. The van der Waals surface area contributed by atoms with Crippen LogP contribution in [0.4, 0.5) is 0 Å². The van der Waals surface area contributed by atoms with E-state index in [-0.39, 0.29) is 12.5 Å². The number of ether oxygens (including phenoxy) is 2. The number of rotatable bonds is 7. The summed E-state index contributed by atoms with van der Waals surface area (Å²) in [6.45, 7) is 2.60. The highest BCUT2D eigenvalue weighted by molar-refractivity contribution is 7.99. The molecule has 1 saturated heterocycles. The molecule has 0 atom stereocenters. The first-order valence-corrected chi connectivity index (χ1v) is 9.85. The zero-order chi connectivity index (χ0) is 18.4. The fourth-order valence-corrected chi connectivity index (χ4v) is 3.49. The van der Waals surface area contributed by atoms with Gasteiger partial charge in [0, 0.05) is 18.1 Å². The summed E-state index contributed by atoms with van der Waals surface area (Å²) >= 11 is 13.3. The Balaban J connectivity index is 1.42. The van der Waals surface area contributed by atoms with Gasteiger partial charge in [-0.05, 0) is 18.2 Å². The third-order valence-corrected chi connectivity index (χ3v) is 5.02. The Kier molecular flexibility index (Phi) is 7.01. The number of carbonyl (C=O) groups excluding carboxylic acids is 1. The van der Waals surface area contributed by atoms with Gasteiger partial charge in [-0.2, -0.15) is 4.98 Å². The van der Waals surface area contributed by atoms with Crippen molar-refractivity contribution in [3.05, 3.63) is 40.0 Å². The summed E-state index contributed by atoms with van der Waals surface area (Å²) in [5, 5.41) is 4.83. The van der Waals surface area contributed by atoms with E-state index in [9.17, 15) is 4.79 Å². The second-order valence-corrected chi connectivity index (χ2v) is 7.28. The summed E-state index contributed by atoms with van der Waals surface area (Å²) in [4.78, 5) is 18.1. The number of hydrogen-bond donors (Lipinski definition) is 0. The van der Waals surface area contributed by atoms with Crippen molar-refractivity contribution in [2.45, 2.75) is 12.4 Å². The molecule has 1 aliphatic rings. The third kappa shape index (κ3) is 5.51. The minimum Gasteiger partial charge on any atom is -0.482 e. The first kappa shape index (κ1) is 19.3. The highest BCUT2D eigenvalue weighted by atomic mass is 35.5. The summed E-state index contributed by atoms with van der Waals surface area (Å²) < 4.78 is 15.9. The minimum atomic E-state index is 0.0998. The minimum absolute atomic E-state index is 0.0998. The van der Waals surface area contributed by atoms with E-state index in [0.717, 1.165) is 0 Å². The van der Waals surface area contributed by atoms with Crippen molar-refractivity contribution < 1.29 is 18.8 Å². The van der Waals surface area contributed by atoms with Crippen molar-refractivity contribution in [1.29, 1.82) is 0 Å². The Labute approximate surface area is 164 Å². The lowest BCUT2D eigenvalue weighted by atomic mass is 10.3. The highest BCUT2D eigenvalue weighted by Gasteiger charge is 2.17. The zero-order valence-corrected chi connectivity index (χ0v) is 16.1. The number of nitrogens with zero attached hydrogens (tertiary/aromatic N) is 3. The number of hydrogen-bond acceptors (Lipinski definition) is 7. The Morgan fingerprint density at radius 2 is 2.12 bits per heavy atom. The van der Waals surface area contributed by atoms with Gasteiger partial charge < -0.3 is 18.9 Å². The molecule has 1 aromatic heterocycles. The number of morpholine rings is 1. The van der Waals surface area contributed by atoms with Gasteiger partial charge in [-0.1, -0.05) is 28.4 Å². The molecular formula is C16H17Cl2N3O4S. The van der Waals surface area contributed by atoms with E-state index in [0.29, 0.717) is 65.3 Å². The molecule has 7 nitrogen and oxygen atoms in total. The lowest BCUT2D eigenvalue weighted by Crippen LogP contribution is -2.41. The molecule has 3 rings (SSSR count).